The number of methoxy groups -OCH3 is 1. The fraction of sp³-hybridized carbons (Fsp3) is 0.562. The van der Waals surface area contributed by atoms with E-state index in [4.69, 9.17) is 4.74 Å². The first-order chi connectivity index (χ1) is 10.3. The van der Waals surface area contributed by atoms with E-state index in [1.54, 1.807) is 0 Å². The van der Waals surface area contributed by atoms with E-state index in [9.17, 15) is 15.3 Å². The van der Waals surface area contributed by atoms with Gasteiger partial charge in [0.2, 0.25) is 0 Å². The van der Waals surface area contributed by atoms with Gasteiger partial charge in [0, 0.05) is 5.41 Å². The standard InChI is InChI=1S/C16H16N4O2/c1-14(2)15(3)5-6-16(14,13(21)22-4)12-11(15)19-9(7-17)10(8-18)20-12/h5-6H2,1-4H3. The summed E-state index contributed by atoms with van der Waals surface area (Å²) in [6, 6.07) is 3.83. The zero-order valence-corrected chi connectivity index (χ0v) is 13.0. The summed E-state index contributed by atoms with van der Waals surface area (Å²) in [4.78, 5) is 21.4. The van der Waals surface area contributed by atoms with Crippen LogP contribution in [0.4, 0.5) is 0 Å². The predicted molar refractivity (Wildman–Crippen MR) is 75.5 cm³/mol. The number of carbonyl (C=O) groups is 1. The molecule has 2 atom stereocenters. The quantitative estimate of drug-likeness (QED) is 0.731. The Bertz CT molecular complexity index is 787. The number of rotatable bonds is 1. The minimum atomic E-state index is -0.904. The molecule has 1 aromatic rings. The molecule has 0 aromatic carbocycles. The van der Waals surface area contributed by atoms with E-state index in [0.29, 0.717) is 17.8 Å². The summed E-state index contributed by atoms with van der Waals surface area (Å²) in [5.74, 6) is -0.345. The molecule has 3 rings (SSSR count). The van der Waals surface area contributed by atoms with E-state index in [0.717, 1.165) is 6.42 Å². The number of ether oxygens (including phenoxy) is 1. The van der Waals surface area contributed by atoms with E-state index < -0.39 is 10.8 Å². The van der Waals surface area contributed by atoms with Crippen molar-refractivity contribution < 1.29 is 9.53 Å². The maximum atomic E-state index is 12.6. The van der Waals surface area contributed by atoms with Crippen molar-refractivity contribution in [2.75, 3.05) is 7.11 Å². The van der Waals surface area contributed by atoms with E-state index in [1.165, 1.54) is 7.11 Å². The van der Waals surface area contributed by atoms with Gasteiger partial charge in [0.05, 0.1) is 18.5 Å². The molecular formula is C16H16N4O2. The van der Waals surface area contributed by atoms with Gasteiger partial charge in [-0.2, -0.15) is 10.5 Å². The highest BCUT2D eigenvalue weighted by atomic mass is 16.5. The maximum Gasteiger partial charge on any atom is 0.318 e. The second-order valence-electron chi connectivity index (χ2n) is 6.70. The minimum Gasteiger partial charge on any atom is -0.468 e. The van der Waals surface area contributed by atoms with E-state index in [2.05, 4.69) is 9.97 Å². The van der Waals surface area contributed by atoms with Crippen molar-refractivity contribution in [2.45, 2.75) is 44.4 Å². The van der Waals surface area contributed by atoms with Gasteiger partial charge in [-0.25, -0.2) is 9.97 Å². The first-order valence-corrected chi connectivity index (χ1v) is 7.12. The van der Waals surface area contributed by atoms with Gasteiger partial charge in [-0.3, -0.25) is 4.79 Å². The van der Waals surface area contributed by atoms with Crippen molar-refractivity contribution in [2.24, 2.45) is 5.41 Å². The van der Waals surface area contributed by atoms with Crippen LogP contribution >= 0.6 is 0 Å². The number of hydrogen-bond acceptors (Lipinski definition) is 6. The van der Waals surface area contributed by atoms with E-state index in [-0.39, 0.29) is 22.8 Å². The van der Waals surface area contributed by atoms with Gasteiger partial charge in [-0.15, -0.1) is 0 Å². The SMILES string of the molecule is COC(=O)C12CCC(C)(c3nc(C#N)c(C#N)nc31)C2(C)C. The lowest BCUT2D eigenvalue weighted by atomic mass is 9.64. The average molecular weight is 296 g/mol. The summed E-state index contributed by atoms with van der Waals surface area (Å²) in [7, 11) is 1.36. The monoisotopic (exact) mass is 296 g/mol. The molecule has 0 saturated heterocycles. The molecule has 2 aliphatic rings. The molecular weight excluding hydrogens is 280 g/mol. The number of esters is 1. The Hall–Kier alpha value is -2.47. The Labute approximate surface area is 128 Å². The highest BCUT2D eigenvalue weighted by Crippen LogP contribution is 2.70. The van der Waals surface area contributed by atoms with Crippen LogP contribution in [-0.4, -0.2) is 23.0 Å². The molecule has 6 heteroatoms. The third-order valence-electron chi connectivity index (χ3n) is 6.01. The van der Waals surface area contributed by atoms with E-state index >= 15 is 0 Å². The van der Waals surface area contributed by atoms with Crippen LogP contribution in [0.25, 0.3) is 0 Å². The lowest BCUT2D eigenvalue weighted by molar-refractivity contribution is -0.151. The van der Waals surface area contributed by atoms with E-state index in [1.807, 2.05) is 32.9 Å². The number of nitrogens with zero attached hydrogens (tertiary/aromatic N) is 4. The molecule has 1 saturated carbocycles. The first kappa shape index (κ1) is 14.5. The lowest BCUT2D eigenvalue weighted by Gasteiger charge is -2.38. The summed E-state index contributed by atoms with van der Waals surface area (Å²) >= 11 is 0. The predicted octanol–water partition coefficient (Wildman–Crippen LogP) is 1.72. The molecule has 112 valence electrons. The van der Waals surface area contributed by atoms with Gasteiger partial charge >= 0.3 is 5.97 Å². The summed E-state index contributed by atoms with van der Waals surface area (Å²) in [5, 5.41) is 18.4. The molecule has 0 N–H and O–H groups in total. The molecule has 2 unspecified atom stereocenters. The third-order valence-corrected chi connectivity index (χ3v) is 6.01. The van der Waals surface area contributed by atoms with Gasteiger partial charge in [0.1, 0.15) is 17.6 Å². The van der Waals surface area contributed by atoms with Crippen molar-refractivity contribution in [3.8, 4) is 12.1 Å². The normalized spacial score (nSPS) is 30.3. The molecule has 1 heterocycles. The van der Waals surface area contributed by atoms with Gasteiger partial charge in [-0.1, -0.05) is 20.8 Å². The fourth-order valence-corrected chi connectivity index (χ4v) is 4.26. The van der Waals surface area contributed by atoms with Crippen LogP contribution in [0.5, 0.6) is 0 Å². The number of hydrogen-bond donors (Lipinski definition) is 0. The van der Waals surface area contributed by atoms with Gasteiger partial charge in [0.15, 0.2) is 11.4 Å². The maximum absolute atomic E-state index is 12.6. The Morgan fingerprint density at radius 3 is 2.14 bits per heavy atom. The Kier molecular flexibility index (Phi) is 2.66. The Balaban J connectivity index is 2.42. The smallest absolute Gasteiger partial charge is 0.318 e. The zero-order chi connectivity index (χ0) is 16.3. The third kappa shape index (κ3) is 1.23. The van der Waals surface area contributed by atoms with Crippen LogP contribution in [0, 0.1) is 28.1 Å². The summed E-state index contributed by atoms with van der Waals surface area (Å²) < 4.78 is 5.07. The van der Waals surface area contributed by atoms with Crippen molar-refractivity contribution in [3.63, 3.8) is 0 Å². The first-order valence-electron chi connectivity index (χ1n) is 7.12. The van der Waals surface area contributed by atoms with Crippen LogP contribution in [0.15, 0.2) is 0 Å². The molecule has 0 radical (unpaired) electrons. The number of carbonyl (C=O) groups excluding carboxylic acids is 1. The lowest BCUT2D eigenvalue weighted by Crippen LogP contribution is -2.46. The highest BCUT2D eigenvalue weighted by Gasteiger charge is 2.74. The minimum absolute atomic E-state index is 0.0193. The van der Waals surface area contributed by atoms with Gasteiger partial charge in [-0.05, 0) is 18.3 Å². The van der Waals surface area contributed by atoms with Crippen LogP contribution in [-0.2, 0) is 20.4 Å². The van der Waals surface area contributed by atoms with Gasteiger partial charge < -0.3 is 4.74 Å². The number of nitriles is 2. The summed E-state index contributed by atoms with van der Waals surface area (Å²) in [6.07, 6.45) is 1.38. The van der Waals surface area contributed by atoms with Crippen molar-refractivity contribution >= 4 is 5.97 Å². The second kappa shape index (κ2) is 4.04. The second-order valence-corrected chi connectivity index (χ2v) is 6.70. The molecule has 0 amide bonds. The van der Waals surface area contributed by atoms with Crippen molar-refractivity contribution in [1.29, 1.82) is 10.5 Å². The molecule has 2 bridgehead atoms. The van der Waals surface area contributed by atoms with Crippen molar-refractivity contribution in [1.82, 2.24) is 9.97 Å². The number of aromatic nitrogens is 2. The fourth-order valence-electron chi connectivity index (χ4n) is 4.26. The Morgan fingerprint density at radius 1 is 1.09 bits per heavy atom. The molecule has 6 nitrogen and oxygen atoms in total. The van der Waals surface area contributed by atoms with Crippen LogP contribution in [0.3, 0.4) is 0 Å². The summed E-state index contributed by atoms with van der Waals surface area (Å²) in [6.45, 7) is 6.07. The molecule has 22 heavy (non-hydrogen) atoms. The molecule has 1 aromatic heterocycles. The molecule has 0 spiro atoms. The average Bonchev–Trinajstić information content (AvgIpc) is 2.81. The van der Waals surface area contributed by atoms with Crippen LogP contribution in [0.2, 0.25) is 0 Å². The number of fused-ring (bicyclic) bond motifs is 5. The van der Waals surface area contributed by atoms with Crippen LogP contribution in [0.1, 0.15) is 56.4 Å². The molecule has 1 fully saturated rings. The molecule has 0 aliphatic heterocycles. The van der Waals surface area contributed by atoms with Crippen LogP contribution < -0.4 is 0 Å². The largest absolute Gasteiger partial charge is 0.468 e. The Morgan fingerprint density at radius 2 is 1.64 bits per heavy atom. The summed E-state index contributed by atoms with van der Waals surface area (Å²) in [5.41, 5.74) is -0.571. The van der Waals surface area contributed by atoms with Crippen molar-refractivity contribution in [3.05, 3.63) is 22.8 Å². The highest BCUT2D eigenvalue weighted by molar-refractivity contribution is 5.87. The van der Waals surface area contributed by atoms with Gasteiger partial charge in [0.25, 0.3) is 0 Å². The topological polar surface area (TPSA) is 99.7 Å². The molecule has 2 aliphatic carbocycles. The zero-order valence-electron chi connectivity index (χ0n) is 13.0.